The maximum absolute atomic E-state index is 13.1. The van der Waals surface area contributed by atoms with Crippen molar-refractivity contribution in [2.24, 2.45) is 5.92 Å². The average Bonchev–Trinajstić information content (AvgIpc) is 2.78. The SMILES string of the molecule is CNC1CCC(C(=O)N2CCN(S(=O)(=O)c3ccc4cc(Cl)ccc4c3)CC2)CC1. The number of hydrogen-bond acceptors (Lipinski definition) is 4. The molecular weight excluding hydrogens is 422 g/mol. The van der Waals surface area contributed by atoms with E-state index in [1.165, 1.54) is 4.31 Å². The van der Waals surface area contributed by atoms with Crippen LogP contribution in [0.2, 0.25) is 5.02 Å². The molecule has 0 spiro atoms. The highest BCUT2D eigenvalue weighted by Gasteiger charge is 2.34. The van der Waals surface area contributed by atoms with Crippen LogP contribution in [0.5, 0.6) is 0 Å². The standard InChI is InChI=1S/C22H28ClN3O3S/c1-24-20-7-3-16(4-8-20)22(27)25-10-12-26(13-11-25)30(28,29)21-9-5-17-14-19(23)6-2-18(17)15-21/h2,5-6,9,14-16,20,24H,3-4,7-8,10-13H2,1H3. The molecule has 1 heterocycles. The summed E-state index contributed by atoms with van der Waals surface area (Å²) in [4.78, 5) is 15.0. The van der Waals surface area contributed by atoms with Gasteiger partial charge in [-0.3, -0.25) is 4.79 Å². The third-order valence-electron chi connectivity index (χ3n) is 6.45. The first-order valence-electron chi connectivity index (χ1n) is 10.5. The molecule has 0 radical (unpaired) electrons. The number of rotatable bonds is 4. The highest BCUT2D eigenvalue weighted by molar-refractivity contribution is 7.89. The second kappa shape index (κ2) is 8.83. The Kier molecular flexibility index (Phi) is 6.34. The predicted molar refractivity (Wildman–Crippen MR) is 119 cm³/mol. The van der Waals surface area contributed by atoms with Crippen LogP contribution in [-0.4, -0.2) is 62.8 Å². The minimum Gasteiger partial charge on any atom is -0.340 e. The van der Waals surface area contributed by atoms with Crippen LogP contribution in [0, 0.1) is 5.92 Å². The number of halogens is 1. The lowest BCUT2D eigenvalue weighted by Crippen LogP contribution is -2.52. The molecule has 162 valence electrons. The van der Waals surface area contributed by atoms with Crippen LogP contribution in [0.1, 0.15) is 25.7 Å². The summed E-state index contributed by atoms with van der Waals surface area (Å²) in [5.74, 6) is 0.259. The molecule has 2 fully saturated rings. The van der Waals surface area contributed by atoms with Gasteiger partial charge in [-0.1, -0.05) is 23.7 Å². The van der Waals surface area contributed by atoms with Crippen molar-refractivity contribution >= 4 is 38.3 Å². The molecule has 0 bridgehead atoms. The van der Waals surface area contributed by atoms with Crippen LogP contribution in [0.4, 0.5) is 0 Å². The fourth-order valence-electron chi connectivity index (χ4n) is 4.54. The van der Waals surface area contributed by atoms with Gasteiger partial charge >= 0.3 is 0 Å². The molecule has 6 nitrogen and oxygen atoms in total. The Bertz CT molecular complexity index is 1030. The van der Waals surface area contributed by atoms with Crippen LogP contribution in [0.3, 0.4) is 0 Å². The Hall–Kier alpha value is -1.67. The number of nitrogens with zero attached hydrogens (tertiary/aromatic N) is 2. The Morgan fingerprint density at radius 3 is 2.27 bits per heavy atom. The van der Waals surface area contributed by atoms with Gasteiger partial charge in [-0.05, 0) is 67.8 Å². The lowest BCUT2D eigenvalue weighted by atomic mass is 9.85. The van der Waals surface area contributed by atoms with Crippen molar-refractivity contribution in [1.29, 1.82) is 0 Å². The van der Waals surface area contributed by atoms with Crippen LogP contribution in [-0.2, 0) is 14.8 Å². The number of fused-ring (bicyclic) bond motifs is 1. The number of sulfonamides is 1. The third-order valence-corrected chi connectivity index (χ3v) is 8.58. The quantitative estimate of drug-likeness (QED) is 0.778. The van der Waals surface area contributed by atoms with Gasteiger partial charge in [0, 0.05) is 43.2 Å². The van der Waals surface area contributed by atoms with Gasteiger partial charge < -0.3 is 10.2 Å². The monoisotopic (exact) mass is 449 g/mol. The molecule has 1 saturated carbocycles. The molecule has 1 aliphatic heterocycles. The zero-order valence-corrected chi connectivity index (χ0v) is 18.8. The summed E-state index contributed by atoms with van der Waals surface area (Å²) in [7, 11) is -1.62. The molecule has 2 aromatic carbocycles. The number of benzene rings is 2. The fourth-order valence-corrected chi connectivity index (χ4v) is 6.18. The normalized spacial score (nSPS) is 23.6. The number of amides is 1. The van der Waals surface area contributed by atoms with Crippen molar-refractivity contribution in [3.8, 4) is 0 Å². The van der Waals surface area contributed by atoms with Crippen LogP contribution < -0.4 is 5.32 Å². The number of piperazine rings is 1. The summed E-state index contributed by atoms with van der Waals surface area (Å²) < 4.78 is 27.8. The van der Waals surface area contributed by atoms with E-state index in [0.717, 1.165) is 36.5 Å². The second-order valence-electron chi connectivity index (χ2n) is 8.22. The smallest absolute Gasteiger partial charge is 0.243 e. The largest absolute Gasteiger partial charge is 0.340 e. The molecule has 0 unspecified atom stereocenters. The average molecular weight is 450 g/mol. The van der Waals surface area contributed by atoms with E-state index in [1.807, 2.05) is 24.1 Å². The molecule has 1 aliphatic carbocycles. The molecule has 1 N–H and O–H groups in total. The highest BCUT2D eigenvalue weighted by Crippen LogP contribution is 2.28. The summed E-state index contributed by atoms with van der Waals surface area (Å²) in [6, 6.07) is 11.0. The minimum atomic E-state index is -3.59. The Labute approximate surface area is 183 Å². The van der Waals surface area contributed by atoms with Gasteiger partial charge in [0.2, 0.25) is 15.9 Å². The number of hydrogen-bond donors (Lipinski definition) is 1. The summed E-state index contributed by atoms with van der Waals surface area (Å²) in [5, 5.41) is 5.66. The molecule has 1 saturated heterocycles. The zero-order valence-electron chi connectivity index (χ0n) is 17.2. The first kappa shape index (κ1) is 21.6. The summed E-state index contributed by atoms with van der Waals surface area (Å²) in [6.45, 7) is 1.57. The van der Waals surface area contributed by atoms with E-state index in [0.29, 0.717) is 37.2 Å². The van der Waals surface area contributed by atoms with E-state index in [9.17, 15) is 13.2 Å². The van der Waals surface area contributed by atoms with Crippen LogP contribution >= 0.6 is 11.6 Å². The molecular formula is C22H28ClN3O3S. The lowest BCUT2D eigenvalue weighted by molar-refractivity contribution is -0.137. The van der Waals surface area contributed by atoms with Crippen molar-refractivity contribution in [3.63, 3.8) is 0 Å². The molecule has 30 heavy (non-hydrogen) atoms. The Morgan fingerprint density at radius 1 is 0.967 bits per heavy atom. The van der Waals surface area contributed by atoms with Gasteiger partial charge in [-0.2, -0.15) is 4.31 Å². The molecule has 4 rings (SSSR count). The van der Waals surface area contributed by atoms with Gasteiger partial charge in [0.15, 0.2) is 0 Å². The molecule has 0 aromatic heterocycles. The van der Waals surface area contributed by atoms with Crippen molar-refractivity contribution in [2.45, 2.75) is 36.6 Å². The van der Waals surface area contributed by atoms with Crippen molar-refractivity contribution in [1.82, 2.24) is 14.5 Å². The van der Waals surface area contributed by atoms with Crippen molar-refractivity contribution < 1.29 is 13.2 Å². The third kappa shape index (κ3) is 4.35. The molecule has 2 aliphatic rings. The zero-order chi connectivity index (χ0) is 21.3. The Balaban J connectivity index is 1.40. The highest BCUT2D eigenvalue weighted by atomic mass is 35.5. The van der Waals surface area contributed by atoms with E-state index >= 15 is 0 Å². The van der Waals surface area contributed by atoms with Gasteiger partial charge in [-0.15, -0.1) is 0 Å². The second-order valence-corrected chi connectivity index (χ2v) is 10.6. The Morgan fingerprint density at radius 2 is 1.60 bits per heavy atom. The van der Waals surface area contributed by atoms with Crippen LogP contribution in [0.25, 0.3) is 10.8 Å². The first-order chi connectivity index (χ1) is 14.4. The topological polar surface area (TPSA) is 69.7 Å². The summed E-state index contributed by atoms with van der Waals surface area (Å²) in [5.41, 5.74) is 0. The van der Waals surface area contributed by atoms with Gasteiger partial charge in [0.25, 0.3) is 0 Å². The fraction of sp³-hybridized carbons (Fsp3) is 0.500. The first-order valence-corrected chi connectivity index (χ1v) is 12.4. The van der Waals surface area contributed by atoms with E-state index in [-0.39, 0.29) is 16.7 Å². The number of carbonyl (C=O) groups is 1. The van der Waals surface area contributed by atoms with E-state index < -0.39 is 10.0 Å². The van der Waals surface area contributed by atoms with Gasteiger partial charge in [0.1, 0.15) is 0 Å². The van der Waals surface area contributed by atoms with Gasteiger partial charge in [-0.25, -0.2) is 8.42 Å². The molecule has 0 atom stereocenters. The van der Waals surface area contributed by atoms with Gasteiger partial charge in [0.05, 0.1) is 4.90 Å². The van der Waals surface area contributed by atoms with Crippen molar-refractivity contribution in [2.75, 3.05) is 33.2 Å². The van der Waals surface area contributed by atoms with Crippen molar-refractivity contribution in [3.05, 3.63) is 41.4 Å². The minimum absolute atomic E-state index is 0.0741. The summed E-state index contributed by atoms with van der Waals surface area (Å²) in [6.07, 6.45) is 3.86. The number of nitrogens with one attached hydrogen (secondary N) is 1. The van der Waals surface area contributed by atoms with E-state index in [2.05, 4.69) is 5.32 Å². The molecule has 2 aromatic rings. The molecule has 1 amide bonds. The maximum atomic E-state index is 13.1. The van der Waals surface area contributed by atoms with E-state index in [1.54, 1.807) is 24.3 Å². The molecule has 8 heteroatoms. The number of carbonyl (C=O) groups excluding carboxylic acids is 1. The lowest BCUT2D eigenvalue weighted by Gasteiger charge is -2.37. The van der Waals surface area contributed by atoms with E-state index in [4.69, 9.17) is 11.6 Å². The maximum Gasteiger partial charge on any atom is 0.243 e. The summed E-state index contributed by atoms with van der Waals surface area (Å²) >= 11 is 6.02. The predicted octanol–water partition coefficient (Wildman–Crippen LogP) is 3.10. The van der Waals surface area contributed by atoms with Crippen LogP contribution in [0.15, 0.2) is 41.3 Å².